The minimum absolute atomic E-state index is 0.108. The van der Waals surface area contributed by atoms with Crippen LogP contribution in [0.1, 0.15) is 124 Å². The highest BCUT2D eigenvalue weighted by Crippen LogP contribution is 2.27. The summed E-state index contributed by atoms with van der Waals surface area (Å²) in [6, 6.07) is 0. The number of Topliss-reactive ketones (excluding diaryl/α,β-unsaturated/α-hetero) is 1. The molecule has 2 aromatic heterocycles. The van der Waals surface area contributed by atoms with Crippen LogP contribution in [-0.4, -0.2) is 42.7 Å². The van der Waals surface area contributed by atoms with Crippen molar-refractivity contribution in [1.82, 2.24) is 10.3 Å². The van der Waals surface area contributed by atoms with E-state index in [1.165, 1.54) is 44.1 Å². The average molecular weight is 580 g/mol. The van der Waals surface area contributed by atoms with Crippen molar-refractivity contribution in [3.63, 3.8) is 0 Å². The first-order valence-electron chi connectivity index (χ1n) is 14.0. The fraction of sp³-hybridized carbons (Fsp3) is 0.613. The zero-order valence-electron chi connectivity index (χ0n) is 26.8. The smallest absolute Gasteiger partial charge is 0.348 e. The Hall–Kier alpha value is -2.94. The van der Waals surface area contributed by atoms with Gasteiger partial charge in [-0.1, -0.05) is 54.4 Å². The summed E-state index contributed by atoms with van der Waals surface area (Å²) in [6.45, 7) is 20.2. The van der Waals surface area contributed by atoms with Gasteiger partial charge in [0.2, 0.25) is 5.91 Å². The van der Waals surface area contributed by atoms with E-state index in [-0.39, 0.29) is 23.6 Å². The first kappa shape index (κ1) is 39.2. The largest absolute Gasteiger partial charge is 0.465 e. The Balaban J connectivity index is 0. The van der Waals surface area contributed by atoms with E-state index in [0.29, 0.717) is 34.5 Å². The molecule has 0 saturated carbocycles. The molecule has 0 unspecified atom stereocenters. The number of ketones is 1. The van der Waals surface area contributed by atoms with Gasteiger partial charge in [0.1, 0.15) is 16.4 Å². The molecule has 0 aliphatic heterocycles. The van der Waals surface area contributed by atoms with E-state index >= 15 is 0 Å². The number of H-pyrrole nitrogens is 1. The molecular formula is C31H53N3O5S. The molecule has 0 aliphatic carbocycles. The number of thiophene rings is 1. The Morgan fingerprint density at radius 2 is 1.48 bits per heavy atom. The molecule has 2 aromatic rings. The van der Waals surface area contributed by atoms with E-state index in [4.69, 9.17) is 0 Å². The Bertz CT molecular complexity index is 1050. The van der Waals surface area contributed by atoms with Gasteiger partial charge in [0.15, 0.2) is 0 Å². The molecule has 2 heterocycles. The highest BCUT2D eigenvalue weighted by molar-refractivity contribution is 7.12. The van der Waals surface area contributed by atoms with Gasteiger partial charge in [-0.2, -0.15) is 0 Å². The van der Waals surface area contributed by atoms with Crippen molar-refractivity contribution >= 4 is 40.6 Å². The SMILES string of the molecule is CCC(=O)Nc1c(C)c[nH]c1C(=O)NC.CCC(C)=O.CCCC(C)(C)CCC.COC(=O)c1scc(C)c1C. The fourth-order valence-corrected chi connectivity index (χ4v) is 4.48. The highest BCUT2D eigenvalue weighted by Gasteiger charge is 2.16. The lowest BCUT2D eigenvalue weighted by atomic mass is 9.84. The van der Waals surface area contributed by atoms with Crippen LogP contribution < -0.4 is 10.6 Å². The van der Waals surface area contributed by atoms with E-state index in [1.807, 2.05) is 33.1 Å². The number of carbonyl (C=O) groups excluding carboxylic acids is 4. The number of hydrogen-bond acceptors (Lipinski definition) is 6. The maximum Gasteiger partial charge on any atom is 0.348 e. The molecule has 40 heavy (non-hydrogen) atoms. The van der Waals surface area contributed by atoms with Gasteiger partial charge in [-0.15, -0.1) is 11.3 Å². The number of aryl methyl sites for hydroxylation is 2. The third-order valence-corrected chi connectivity index (χ3v) is 7.30. The Kier molecular flexibility index (Phi) is 20.5. The molecule has 8 nitrogen and oxygen atoms in total. The molecule has 0 aromatic carbocycles. The maximum absolute atomic E-state index is 11.4. The average Bonchev–Trinajstić information content (AvgIpc) is 3.44. The monoisotopic (exact) mass is 579 g/mol. The highest BCUT2D eigenvalue weighted by atomic mass is 32.1. The number of anilines is 1. The van der Waals surface area contributed by atoms with E-state index in [2.05, 4.69) is 48.0 Å². The third kappa shape index (κ3) is 15.6. The fourth-order valence-electron chi connectivity index (χ4n) is 3.49. The molecular weight excluding hydrogens is 526 g/mol. The summed E-state index contributed by atoms with van der Waals surface area (Å²) in [5.74, 6) is -0.331. The van der Waals surface area contributed by atoms with Crippen molar-refractivity contribution in [3.05, 3.63) is 38.8 Å². The predicted molar refractivity (Wildman–Crippen MR) is 168 cm³/mol. The summed E-state index contributed by atoms with van der Waals surface area (Å²) in [7, 11) is 2.95. The van der Waals surface area contributed by atoms with Crippen LogP contribution in [0.4, 0.5) is 5.69 Å². The van der Waals surface area contributed by atoms with Gasteiger partial charge in [0.05, 0.1) is 12.8 Å². The minimum Gasteiger partial charge on any atom is -0.465 e. The van der Waals surface area contributed by atoms with Crippen LogP contribution in [0, 0.1) is 26.2 Å². The van der Waals surface area contributed by atoms with Gasteiger partial charge in [0, 0.05) is 26.1 Å². The summed E-state index contributed by atoms with van der Waals surface area (Å²) in [4.78, 5) is 47.1. The van der Waals surface area contributed by atoms with Crippen molar-refractivity contribution in [2.24, 2.45) is 5.41 Å². The normalized spacial score (nSPS) is 10.0. The van der Waals surface area contributed by atoms with E-state index in [0.717, 1.165) is 16.7 Å². The van der Waals surface area contributed by atoms with Crippen LogP contribution in [0.3, 0.4) is 0 Å². The summed E-state index contributed by atoms with van der Waals surface area (Å²) in [5.41, 5.74) is 4.56. The maximum atomic E-state index is 11.4. The molecule has 0 saturated heterocycles. The lowest BCUT2D eigenvalue weighted by Gasteiger charge is -2.22. The quantitative estimate of drug-likeness (QED) is 0.262. The summed E-state index contributed by atoms with van der Waals surface area (Å²) in [5, 5.41) is 7.16. The minimum atomic E-state index is -0.241. The topological polar surface area (TPSA) is 117 Å². The molecule has 228 valence electrons. The summed E-state index contributed by atoms with van der Waals surface area (Å²) >= 11 is 1.43. The molecule has 0 aliphatic rings. The lowest BCUT2D eigenvalue weighted by molar-refractivity contribution is -0.117. The van der Waals surface area contributed by atoms with Crippen molar-refractivity contribution in [3.8, 4) is 0 Å². The number of aromatic amines is 1. The van der Waals surface area contributed by atoms with Crippen LogP contribution in [-0.2, 0) is 14.3 Å². The number of methoxy groups -OCH3 is 1. The second kappa shape index (κ2) is 20.9. The first-order chi connectivity index (χ1) is 18.7. The van der Waals surface area contributed by atoms with Gasteiger partial charge in [-0.25, -0.2) is 4.79 Å². The zero-order chi connectivity index (χ0) is 31.5. The molecule has 0 atom stereocenters. The van der Waals surface area contributed by atoms with Crippen LogP contribution in [0.25, 0.3) is 0 Å². The predicted octanol–water partition coefficient (Wildman–Crippen LogP) is 7.78. The molecule has 9 heteroatoms. The van der Waals surface area contributed by atoms with Crippen LogP contribution in [0.15, 0.2) is 11.6 Å². The van der Waals surface area contributed by atoms with E-state index in [1.54, 1.807) is 27.1 Å². The Morgan fingerprint density at radius 3 is 1.82 bits per heavy atom. The second-order valence-electron chi connectivity index (χ2n) is 10.3. The van der Waals surface area contributed by atoms with Gasteiger partial charge < -0.3 is 25.1 Å². The standard InChI is InChI=1S/C10H15N3O2.C9H20.C8H10O2S.C4H8O/c1-4-7(14)13-8-6(2)5-12-9(8)10(15)11-3;1-5-7-9(3,4)8-6-2;1-5-4-11-7(6(5)2)8(9)10-3;1-3-4(2)5/h5,12H,4H2,1-3H3,(H,11,15)(H,13,14);5-8H2,1-4H3;4H,1-3H3;3H2,1-2H3. The number of ether oxygens (including phenoxy) is 1. The van der Waals surface area contributed by atoms with Crippen LogP contribution >= 0.6 is 11.3 Å². The van der Waals surface area contributed by atoms with Gasteiger partial charge in [-0.3, -0.25) is 9.59 Å². The van der Waals surface area contributed by atoms with E-state index < -0.39 is 0 Å². The number of aromatic nitrogens is 1. The molecule has 3 N–H and O–H groups in total. The number of amides is 2. The third-order valence-electron chi connectivity index (χ3n) is 6.12. The van der Waals surface area contributed by atoms with Crippen molar-refractivity contribution in [1.29, 1.82) is 0 Å². The molecule has 2 rings (SSSR count). The number of hydrogen-bond donors (Lipinski definition) is 3. The number of nitrogens with one attached hydrogen (secondary N) is 3. The van der Waals surface area contributed by atoms with E-state index in [9.17, 15) is 19.2 Å². The lowest BCUT2D eigenvalue weighted by Crippen LogP contribution is -2.21. The summed E-state index contributed by atoms with van der Waals surface area (Å²) < 4.78 is 4.60. The number of rotatable bonds is 9. The van der Waals surface area contributed by atoms with Crippen molar-refractivity contribution < 1.29 is 23.9 Å². The Morgan fingerprint density at radius 1 is 0.950 bits per heavy atom. The second-order valence-corrected chi connectivity index (χ2v) is 11.2. The number of esters is 1. The van der Waals surface area contributed by atoms with Crippen molar-refractivity contribution in [2.45, 2.75) is 108 Å². The van der Waals surface area contributed by atoms with Crippen molar-refractivity contribution in [2.75, 3.05) is 19.5 Å². The zero-order valence-corrected chi connectivity index (χ0v) is 27.7. The Labute approximate surface area is 246 Å². The van der Waals surface area contributed by atoms with Crippen LogP contribution in [0.5, 0.6) is 0 Å². The molecule has 0 radical (unpaired) electrons. The molecule has 0 spiro atoms. The first-order valence-corrected chi connectivity index (χ1v) is 14.9. The van der Waals surface area contributed by atoms with Gasteiger partial charge in [0.25, 0.3) is 5.91 Å². The van der Waals surface area contributed by atoms with Crippen LogP contribution in [0.2, 0.25) is 0 Å². The van der Waals surface area contributed by atoms with Gasteiger partial charge in [-0.05, 0) is 68.0 Å². The summed E-state index contributed by atoms with van der Waals surface area (Å²) in [6.07, 6.45) is 8.15. The molecule has 2 amide bonds. The molecule has 0 bridgehead atoms. The number of carbonyl (C=O) groups is 4. The molecule has 0 fully saturated rings. The van der Waals surface area contributed by atoms with Gasteiger partial charge >= 0.3 is 5.97 Å².